The molecule has 0 radical (unpaired) electrons. The molecule has 2 amide bonds. The number of rotatable bonds is 4. The van der Waals surface area contributed by atoms with Crippen LogP contribution in [0.15, 0.2) is 64.2 Å². The molecule has 1 aromatic heterocycles. The van der Waals surface area contributed by atoms with Crippen molar-refractivity contribution in [1.29, 1.82) is 0 Å². The van der Waals surface area contributed by atoms with Crippen LogP contribution in [0, 0.1) is 0 Å². The Bertz CT molecular complexity index is 1180. The van der Waals surface area contributed by atoms with Crippen molar-refractivity contribution < 1.29 is 9.53 Å². The maximum absolute atomic E-state index is 12.7. The number of carbonyl (C=O) groups excluding carboxylic acids is 1. The van der Waals surface area contributed by atoms with Gasteiger partial charge < -0.3 is 10.1 Å². The minimum Gasteiger partial charge on any atom is -0.489 e. The van der Waals surface area contributed by atoms with E-state index in [2.05, 4.69) is 10.6 Å². The fraction of sp³-hybridized carbons (Fsp3) is 0.190. The van der Waals surface area contributed by atoms with Crippen LogP contribution in [0.4, 0.5) is 10.6 Å². The number of hydrogen-bond acceptors (Lipinski definition) is 4. The first kappa shape index (κ1) is 18.5. The van der Waals surface area contributed by atoms with Gasteiger partial charge in [0.15, 0.2) is 0 Å². The number of amides is 2. The van der Waals surface area contributed by atoms with Crippen molar-refractivity contribution in [3.8, 4) is 5.75 Å². The van der Waals surface area contributed by atoms with Gasteiger partial charge in [0.1, 0.15) is 18.2 Å². The molecular formula is C21H20N4O4. The van der Waals surface area contributed by atoms with Crippen LogP contribution in [0.3, 0.4) is 0 Å². The fourth-order valence-electron chi connectivity index (χ4n) is 3.38. The summed E-state index contributed by atoms with van der Waals surface area (Å²) in [6, 6.07) is 15.8. The number of aromatic nitrogens is 2. The third-order valence-electron chi connectivity index (χ3n) is 4.96. The molecule has 2 N–H and O–H groups in total. The van der Waals surface area contributed by atoms with E-state index in [9.17, 15) is 14.4 Å². The largest absolute Gasteiger partial charge is 0.489 e. The highest BCUT2D eigenvalue weighted by Gasteiger charge is 2.31. The summed E-state index contributed by atoms with van der Waals surface area (Å²) in [5.41, 5.74) is 1.13. The minimum absolute atomic E-state index is 0.205. The van der Waals surface area contributed by atoms with Crippen LogP contribution >= 0.6 is 0 Å². The molecule has 0 unspecified atom stereocenters. The quantitative estimate of drug-likeness (QED) is 0.709. The van der Waals surface area contributed by atoms with E-state index < -0.39 is 23.3 Å². The third kappa shape index (κ3) is 3.40. The number of anilines is 1. The van der Waals surface area contributed by atoms with Gasteiger partial charge in [0, 0.05) is 14.1 Å². The summed E-state index contributed by atoms with van der Waals surface area (Å²) in [6.07, 6.45) is 0. The molecule has 1 aliphatic rings. The van der Waals surface area contributed by atoms with E-state index in [1.807, 2.05) is 30.3 Å². The number of nitrogens with one attached hydrogen (secondary N) is 2. The zero-order valence-corrected chi connectivity index (χ0v) is 16.0. The molecule has 2 aromatic carbocycles. The second kappa shape index (κ2) is 7.31. The van der Waals surface area contributed by atoms with Crippen LogP contribution in [0.5, 0.6) is 5.75 Å². The van der Waals surface area contributed by atoms with Crippen LogP contribution in [-0.4, -0.2) is 15.2 Å². The van der Waals surface area contributed by atoms with E-state index in [1.54, 1.807) is 24.3 Å². The molecule has 3 aromatic rings. The number of nitrogens with zero attached hydrogens (tertiary/aromatic N) is 2. The Morgan fingerprint density at radius 1 is 0.931 bits per heavy atom. The summed E-state index contributed by atoms with van der Waals surface area (Å²) in [6.45, 7) is 0.440. The Hall–Kier alpha value is -3.81. The number of hydrogen-bond donors (Lipinski definition) is 2. The van der Waals surface area contributed by atoms with Crippen molar-refractivity contribution in [2.24, 2.45) is 14.1 Å². The summed E-state index contributed by atoms with van der Waals surface area (Å²) in [5.74, 6) is 0.878. The molecular weight excluding hydrogens is 372 g/mol. The summed E-state index contributed by atoms with van der Waals surface area (Å²) in [7, 11) is 2.93. The van der Waals surface area contributed by atoms with Gasteiger partial charge in [-0.3, -0.25) is 19.2 Å². The highest BCUT2D eigenvalue weighted by Crippen LogP contribution is 2.29. The molecule has 1 atom stereocenters. The van der Waals surface area contributed by atoms with Gasteiger partial charge in [-0.05, 0) is 23.3 Å². The van der Waals surface area contributed by atoms with E-state index in [-0.39, 0.29) is 5.82 Å². The highest BCUT2D eigenvalue weighted by atomic mass is 16.5. The molecule has 0 fully saturated rings. The smallest absolute Gasteiger partial charge is 0.332 e. The molecule has 29 heavy (non-hydrogen) atoms. The lowest BCUT2D eigenvalue weighted by Crippen LogP contribution is -2.49. The van der Waals surface area contributed by atoms with Crippen molar-refractivity contribution in [2.75, 3.05) is 5.32 Å². The number of ether oxygens (including phenoxy) is 1. The molecule has 0 bridgehead atoms. The standard InChI is InChI=1S/C21H20N4O4/c1-24-18-16(19(26)25(2)21(24)28)17(22-20(27)23-18)14-8-10-15(11-9-14)29-12-13-6-4-3-5-7-13/h3-11,17H,12H2,1-2H3,(H2,22,23,27)/t17-/m0/s1. The third-order valence-corrected chi connectivity index (χ3v) is 4.96. The Morgan fingerprint density at radius 3 is 2.31 bits per heavy atom. The topological polar surface area (TPSA) is 94.4 Å². The maximum atomic E-state index is 12.7. The van der Waals surface area contributed by atoms with Crippen molar-refractivity contribution in [1.82, 2.24) is 14.5 Å². The van der Waals surface area contributed by atoms with E-state index in [0.29, 0.717) is 23.5 Å². The second-order valence-electron chi connectivity index (χ2n) is 6.84. The molecule has 0 spiro atoms. The van der Waals surface area contributed by atoms with Crippen molar-refractivity contribution >= 4 is 11.8 Å². The highest BCUT2D eigenvalue weighted by molar-refractivity contribution is 5.92. The molecule has 0 aliphatic carbocycles. The van der Waals surface area contributed by atoms with Crippen LogP contribution in [-0.2, 0) is 20.7 Å². The van der Waals surface area contributed by atoms with Gasteiger partial charge in [-0.25, -0.2) is 9.59 Å². The fourth-order valence-corrected chi connectivity index (χ4v) is 3.38. The zero-order chi connectivity index (χ0) is 20.5. The predicted molar refractivity (Wildman–Crippen MR) is 108 cm³/mol. The van der Waals surface area contributed by atoms with Gasteiger partial charge in [0.25, 0.3) is 5.56 Å². The number of carbonyl (C=O) groups is 1. The van der Waals surface area contributed by atoms with Gasteiger partial charge in [-0.15, -0.1) is 0 Å². The molecule has 1 aliphatic heterocycles. The van der Waals surface area contributed by atoms with E-state index in [4.69, 9.17) is 4.74 Å². The minimum atomic E-state index is -0.674. The Balaban J connectivity index is 1.65. The average molecular weight is 392 g/mol. The van der Waals surface area contributed by atoms with Crippen LogP contribution < -0.4 is 26.6 Å². The summed E-state index contributed by atoms with van der Waals surface area (Å²) >= 11 is 0. The van der Waals surface area contributed by atoms with E-state index >= 15 is 0 Å². The molecule has 4 rings (SSSR count). The predicted octanol–water partition coefficient (Wildman–Crippen LogP) is 1.89. The van der Waals surface area contributed by atoms with E-state index in [0.717, 1.165) is 10.1 Å². The zero-order valence-electron chi connectivity index (χ0n) is 16.0. The number of benzene rings is 2. The lowest BCUT2D eigenvalue weighted by molar-refractivity contribution is 0.248. The normalized spacial score (nSPS) is 15.2. The Kier molecular flexibility index (Phi) is 4.67. The lowest BCUT2D eigenvalue weighted by atomic mass is 9.98. The first-order chi connectivity index (χ1) is 14.0. The summed E-state index contributed by atoms with van der Waals surface area (Å²) in [5, 5.41) is 5.32. The molecule has 8 heteroatoms. The molecule has 2 heterocycles. The Morgan fingerprint density at radius 2 is 1.62 bits per heavy atom. The van der Waals surface area contributed by atoms with Crippen molar-refractivity contribution in [3.63, 3.8) is 0 Å². The summed E-state index contributed by atoms with van der Waals surface area (Å²) in [4.78, 5) is 37.0. The SMILES string of the molecule is Cn1c2c(c(=O)n(C)c1=O)[C@H](c1ccc(OCc3ccccc3)cc1)NC(=O)N2. The number of fused-ring (bicyclic) bond motifs is 1. The molecule has 0 saturated heterocycles. The first-order valence-corrected chi connectivity index (χ1v) is 9.10. The van der Waals surface area contributed by atoms with Gasteiger partial charge in [-0.1, -0.05) is 42.5 Å². The molecule has 0 saturated carbocycles. The maximum Gasteiger partial charge on any atom is 0.332 e. The van der Waals surface area contributed by atoms with Crippen LogP contribution in [0.25, 0.3) is 0 Å². The first-order valence-electron chi connectivity index (χ1n) is 9.10. The monoisotopic (exact) mass is 392 g/mol. The van der Waals surface area contributed by atoms with Gasteiger partial charge in [0.2, 0.25) is 0 Å². The molecule has 8 nitrogen and oxygen atoms in total. The average Bonchev–Trinajstić information content (AvgIpc) is 2.75. The second-order valence-corrected chi connectivity index (χ2v) is 6.84. The van der Waals surface area contributed by atoms with Crippen LogP contribution in [0.2, 0.25) is 0 Å². The van der Waals surface area contributed by atoms with E-state index in [1.165, 1.54) is 18.7 Å². The van der Waals surface area contributed by atoms with Gasteiger partial charge >= 0.3 is 11.7 Å². The Labute approximate surface area is 166 Å². The molecule has 148 valence electrons. The summed E-state index contributed by atoms with van der Waals surface area (Å²) < 4.78 is 8.09. The number of urea groups is 1. The van der Waals surface area contributed by atoms with Gasteiger partial charge in [0.05, 0.1) is 11.6 Å². The van der Waals surface area contributed by atoms with Crippen LogP contribution in [0.1, 0.15) is 22.7 Å². The van der Waals surface area contributed by atoms with Gasteiger partial charge in [-0.2, -0.15) is 0 Å². The van der Waals surface area contributed by atoms with Crippen molar-refractivity contribution in [3.05, 3.63) is 92.1 Å². The lowest BCUT2D eigenvalue weighted by Gasteiger charge is -2.28. The van der Waals surface area contributed by atoms with Crippen molar-refractivity contribution in [2.45, 2.75) is 12.6 Å².